The molecule has 0 bridgehead atoms. The van der Waals surface area contributed by atoms with Crippen LogP contribution in [0.4, 0.5) is 0 Å². The van der Waals surface area contributed by atoms with Crippen molar-refractivity contribution in [3.05, 3.63) is 0 Å². The van der Waals surface area contributed by atoms with E-state index < -0.39 is 20.0 Å². The van der Waals surface area contributed by atoms with Gasteiger partial charge in [-0.2, -0.15) is 0 Å². The van der Waals surface area contributed by atoms with Crippen molar-refractivity contribution >= 4 is 15.6 Å². The van der Waals surface area contributed by atoms with E-state index in [0.717, 1.165) is 0 Å². The van der Waals surface area contributed by atoms with Crippen LogP contribution >= 0.6 is 7.60 Å². The Kier molecular flexibility index (Phi) is 4.96. The molecule has 2 N–H and O–H groups in total. The van der Waals surface area contributed by atoms with E-state index in [9.17, 15) is 4.57 Å². The fourth-order valence-electron chi connectivity index (χ4n) is 0.408. The predicted octanol–water partition coefficient (Wildman–Crippen LogP) is -0.373. The molecule has 11 heavy (non-hydrogen) atoms. The SMILES string of the molecule is [B]OCC(C)OCP(=O)(O)O. The molecule has 7 heteroatoms. The maximum Gasteiger partial charge on any atom is 0.350 e. The Labute approximate surface area is 66.3 Å². The maximum absolute atomic E-state index is 10.2. The molecule has 0 amide bonds. The van der Waals surface area contributed by atoms with Gasteiger partial charge >= 0.3 is 7.60 Å². The highest BCUT2D eigenvalue weighted by Crippen LogP contribution is 2.34. The van der Waals surface area contributed by atoms with E-state index in [4.69, 9.17) is 17.8 Å². The number of ether oxygens (including phenoxy) is 1. The molecule has 1 atom stereocenters. The van der Waals surface area contributed by atoms with Gasteiger partial charge < -0.3 is 19.2 Å². The highest BCUT2D eigenvalue weighted by molar-refractivity contribution is 7.51. The van der Waals surface area contributed by atoms with Crippen LogP contribution in [0.5, 0.6) is 0 Å². The van der Waals surface area contributed by atoms with Crippen LogP contribution in [0.1, 0.15) is 6.92 Å². The first kappa shape index (κ1) is 11.1. The van der Waals surface area contributed by atoms with Crippen LogP contribution in [-0.4, -0.2) is 36.9 Å². The second-order valence-electron chi connectivity index (χ2n) is 2.10. The molecule has 0 aliphatic rings. The topological polar surface area (TPSA) is 76.0 Å². The minimum Gasteiger partial charge on any atom is -0.445 e. The van der Waals surface area contributed by atoms with E-state index in [2.05, 4.69) is 9.39 Å². The van der Waals surface area contributed by atoms with Crippen LogP contribution in [-0.2, 0) is 14.0 Å². The molecule has 0 aliphatic carbocycles. The molecule has 1 unspecified atom stereocenters. The molecule has 0 aromatic carbocycles. The monoisotopic (exact) mass is 180 g/mol. The minimum atomic E-state index is -4.06. The Balaban J connectivity index is 3.46. The van der Waals surface area contributed by atoms with E-state index in [0.29, 0.717) is 0 Å². The molecule has 0 spiro atoms. The highest BCUT2D eigenvalue weighted by Gasteiger charge is 2.14. The lowest BCUT2D eigenvalue weighted by molar-refractivity contribution is 0.0533. The van der Waals surface area contributed by atoms with Gasteiger partial charge in [-0.05, 0) is 6.92 Å². The maximum atomic E-state index is 10.2. The van der Waals surface area contributed by atoms with Crippen molar-refractivity contribution in [3.8, 4) is 0 Å². The van der Waals surface area contributed by atoms with E-state index in [1.807, 2.05) is 0 Å². The van der Waals surface area contributed by atoms with Gasteiger partial charge in [0.05, 0.1) is 12.7 Å². The van der Waals surface area contributed by atoms with Crippen molar-refractivity contribution in [3.63, 3.8) is 0 Å². The van der Waals surface area contributed by atoms with Crippen LogP contribution in [0.25, 0.3) is 0 Å². The minimum absolute atomic E-state index is 0.111. The predicted molar refractivity (Wildman–Crippen MR) is 39.2 cm³/mol. The van der Waals surface area contributed by atoms with Gasteiger partial charge in [-0.15, -0.1) is 0 Å². The molecule has 0 saturated carbocycles. The molecule has 0 saturated heterocycles. The lowest BCUT2D eigenvalue weighted by Gasteiger charge is -2.12. The molecule has 0 fully saturated rings. The quantitative estimate of drug-likeness (QED) is 0.445. The van der Waals surface area contributed by atoms with E-state index in [-0.39, 0.29) is 6.61 Å². The highest BCUT2D eigenvalue weighted by atomic mass is 31.2. The van der Waals surface area contributed by atoms with E-state index in [1.165, 1.54) is 0 Å². The fourth-order valence-corrected chi connectivity index (χ4v) is 0.857. The van der Waals surface area contributed by atoms with Gasteiger partial charge in [0, 0.05) is 0 Å². The molecular formula is C4H10BO5P. The summed E-state index contributed by atoms with van der Waals surface area (Å²) in [5.41, 5.74) is 0. The zero-order chi connectivity index (χ0) is 8.91. The molecule has 0 aromatic rings. The van der Waals surface area contributed by atoms with Crippen molar-refractivity contribution in [2.45, 2.75) is 13.0 Å². The zero-order valence-corrected chi connectivity index (χ0v) is 7.03. The van der Waals surface area contributed by atoms with Gasteiger partial charge in [0.1, 0.15) is 6.35 Å². The van der Waals surface area contributed by atoms with Gasteiger partial charge in [-0.3, -0.25) is 4.57 Å². The van der Waals surface area contributed by atoms with Crippen LogP contribution in [0.15, 0.2) is 0 Å². The molecule has 0 aromatic heterocycles. The third-order valence-electron chi connectivity index (χ3n) is 0.858. The van der Waals surface area contributed by atoms with Crippen molar-refractivity contribution in [1.29, 1.82) is 0 Å². The lowest BCUT2D eigenvalue weighted by Crippen LogP contribution is -2.15. The van der Waals surface area contributed by atoms with Gasteiger partial charge in [0.25, 0.3) is 8.05 Å². The Morgan fingerprint density at radius 3 is 2.55 bits per heavy atom. The smallest absolute Gasteiger partial charge is 0.350 e. The van der Waals surface area contributed by atoms with Crippen LogP contribution in [0.3, 0.4) is 0 Å². The summed E-state index contributed by atoms with van der Waals surface area (Å²) < 4.78 is 19.1. The van der Waals surface area contributed by atoms with Gasteiger partial charge in [-0.1, -0.05) is 0 Å². The van der Waals surface area contributed by atoms with Crippen LogP contribution in [0, 0.1) is 0 Å². The summed E-state index contributed by atoms with van der Waals surface area (Å²) in [6.07, 6.45) is -1.01. The van der Waals surface area contributed by atoms with Crippen molar-refractivity contribution in [1.82, 2.24) is 0 Å². The molecule has 0 heterocycles. The summed E-state index contributed by atoms with van der Waals surface area (Å²) in [7, 11) is 0.633. The number of rotatable bonds is 5. The number of hydrogen-bond donors (Lipinski definition) is 2. The summed E-state index contributed by atoms with van der Waals surface area (Å²) in [6.45, 7) is 1.71. The summed E-state index contributed by atoms with van der Waals surface area (Å²) in [4.78, 5) is 16.7. The molecule has 5 nitrogen and oxygen atoms in total. The molecule has 64 valence electrons. The summed E-state index contributed by atoms with van der Waals surface area (Å²) in [5.74, 6) is 0. The second-order valence-corrected chi connectivity index (χ2v) is 3.69. The van der Waals surface area contributed by atoms with Crippen molar-refractivity contribution in [2.75, 3.05) is 13.0 Å². The second kappa shape index (κ2) is 4.90. The van der Waals surface area contributed by atoms with Crippen molar-refractivity contribution < 1.29 is 23.7 Å². The first-order chi connectivity index (χ1) is 4.95. The summed E-state index contributed by atoms with van der Waals surface area (Å²) in [5, 5.41) is 0. The zero-order valence-electron chi connectivity index (χ0n) is 6.14. The Hall–Kier alpha value is 0.135. The average molecular weight is 180 g/mol. The Bertz CT molecular complexity index is 145. The Morgan fingerprint density at radius 2 is 2.18 bits per heavy atom. The lowest BCUT2D eigenvalue weighted by atomic mass is 10.4. The first-order valence-electron chi connectivity index (χ1n) is 2.93. The largest absolute Gasteiger partial charge is 0.445 e. The Morgan fingerprint density at radius 1 is 1.64 bits per heavy atom. The summed E-state index contributed by atoms with van der Waals surface area (Å²) in [6, 6.07) is 0. The molecule has 2 radical (unpaired) electrons. The standard InChI is InChI=1S/C4H10BO5P/c1-4(2-10-5)9-3-11(6,7)8/h4H,2-3H2,1H3,(H2,6,7,8). The summed E-state index contributed by atoms with van der Waals surface area (Å²) >= 11 is 0. The van der Waals surface area contributed by atoms with Crippen LogP contribution < -0.4 is 0 Å². The third kappa shape index (κ3) is 8.04. The van der Waals surface area contributed by atoms with Gasteiger partial charge in [-0.25, -0.2) is 0 Å². The fraction of sp³-hybridized carbons (Fsp3) is 1.00. The number of hydrogen-bond acceptors (Lipinski definition) is 3. The molecule has 0 rings (SSSR count). The van der Waals surface area contributed by atoms with E-state index >= 15 is 0 Å². The van der Waals surface area contributed by atoms with Crippen LogP contribution in [0.2, 0.25) is 0 Å². The first-order valence-corrected chi connectivity index (χ1v) is 4.73. The van der Waals surface area contributed by atoms with Gasteiger partial charge in [0.2, 0.25) is 0 Å². The van der Waals surface area contributed by atoms with E-state index in [1.54, 1.807) is 6.92 Å². The van der Waals surface area contributed by atoms with Crippen molar-refractivity contribution in [2.24, 2.45) is 0 Å². The molecular weight excluding hydrogens is 170 g/mol. The molecule has 0 aliphatic heterocycles. The normalized spacial score (nSPS) is 14.8. The average Bonchev–Trinajstić information content (AvgIpc) is 1.83. The third-order valence-corrected chi connectivity index (χ3v) is 1.34. The van der Waals surface area contributed by atoms with Gasteiger partial charge in [0.15, 0.2) is 0 Å².